The molecule has 6 nitrogen and oxygen atoms in total. The molecule has 2 amide bonds. The van der Waals surface area contributed by atoms with Gasteiger partial charge in [-0.25, -0.2) is 4.79 Å². The Hall–Kier alpha value is -3.64. The zero-order valence-corrected chi connectivity index (χ0v) is 17.8. The van der Waals surface area contributed by atoms with Gasteiger partial charge in [0.15, 0.2) is 0 Å². The Kier molecular flexibility index (Phi) is 7.05. The number of esters is 1. The first-order valence-corrected chi connectivity index (χ1v) is 9.92. The second-order valence-electron chi connectivity index (χ2n) is 6.91. The summed E-state index contributed by atoms with van der Waals surface area (Å²) in [6.07, 6.45) is -1.18. The molecule has 0 saturated heterocycles. The van der Waals surface area contributed by atoms with Crippen molar-refractivity contribution in [3.63, 3.8) is 0 Å². The highest BCUT2D eigenvalue weighted by Gasteiger charge is 2.26. The van der Waals surface area contributed by atoms with Gasteiger partial charge < -0.3 is 15.4 Å². The van der Waals surface area contributed by atoms with E-state index >= 15 is 0 Å². The zero-order valence-electron chi connectivity index (χ0n) is 17.0. The number of carbonyl (C=O) groups is 3. The van der Waals surface area contributed by atoms with Gasteiger partial charge in [-0.05, 0) is 42.8 Å². The van der Waals surface area contributed by atoms with Gasteiger partial charge in [-0.2, -0.15) is 0 Å². The number of nitrogens with one attached hydrogen (secondary N) is 2. The van der Waals surface area contributed by atoms with E-state index in [2.05, 4.69) is 10.6 Å². The molecule has 0 heterocycles. The minimum Gasteiger partial charge on any atom is -0.444 e. The van der Waals surface area contributed by atoms with Gasteiger partial charge in [0.1, 0.15) is 0 Å². The summed E-state index contributed by atoms with van der Waals surface area (Å²) in [4.78, 5) is 37.1. The van der Waals surface area contributed by atoms with Crippen molar-refractivity contribution in [3.05, 3.63) is 94.5 Å². The van der Waals surface area contributed by atoms with Crippen molar-refractivity contribution >= 4 is 40.8 Å². The molecule has 0 aliphatic rings. The lowest BCUT2D eigenvalue weighted by atomic mass is 10.1. The molecule has 158 valence electrons. The van der Waals surface area contributed by atoms with E-state index < -0.39 is 18.0 Å². The van der Waals surface area contributed by atoms with Gasteiger partial charge in [0.25, 0.3) is 5.91 Å². The number of halogens is 1. The van der Waals surface area contributed by atoms with Crippen LogP contribution in [0.25, 0.3) is 0 Å². The Morgan fingerprint density at radius 1 is 0.871 bits per heavy atom. The molecule has 0 unspecified atom stereocenters. The van der Waals surface area contributed by atoms with Crippen LogP contribution >= 0.6 is 11.6 Å². The van der Waals surface area contributed by atoms with Gasteiger partial charge in [0.2, 0.25) is 12.0 Å². The molecule has 3 aromatic carbocycles. The van der Waals surface area contributed by atoms with Crippen molar-refractivity contribution in [2.24, 2.45) is 0 Å². The topological polar surface area (TPSA) is 84.5 Å². The van der Waals surface area contributed by atoms with E-state index in [4.69, 9.17) is 16.3 Å². The molecule has 0 saturated carbocycles. The summed E-state index contributed by atoms with van der Waals surface area (Å²) >= 11 is 6.14. The Bertz CT molecular complexity index is 1120. The summed E-state index contributed by atoms with van der Waals surface area (Å²) in [5.41, 5.74) is 2.55. The number of amides is 2. The average molecular weight is 437 g/mol. The number of anilines is 2. The fraction of sp³-hybridized carbons (Fsp3) is 0.125. The first kappa shape index (κ1) is 22.1. The van der Waals surface area contributed by atoms with E-state index in [-0.39, 0.29) is 11.5 Å². The van der Waals surface area contributed by atoms with E-state index in [9.17, 15) is 14.4 Å². The Morgan fingerprint density at radius 3 is 2.26 bits per heavy atom. The lowest BCUT2D eigenvalue weighted by molar-refractivity contribution is -0.125. The molecule has 1 atom stereocenters. The maximum atomic E-state index is 13.0. The maximum Gasteiger partial charge on any atom is 0.339 e. The predicted octanol–water partition coefficient (Wildman–Crippen LogP) is 5.14. The normalized spacial score (nSPS) is 11.3. The van der Waals surface area contributed by atoms with Crippen LogP contribution in [0.1, 0.15) is 34.5 Å². The summed E-state index contributed by atoms with van der Waals surface area (Å²) < 4.78 is 5.57. The smallest absolute Gasteiger partial charge is 0.339 e. The molecule has 0 aliphatic heterocycles. The monoisotopic (exact) mass is 436 g/mol. The number of ether oxygens (including phenoxy) is 1. The molecule has 2 N–H and O–H groups in total. The highest BCUT2D eigenvalue weighted by molar-refractivity contribution is 6.31. The SMILES string of the molecule is CC(=O)Nc1cccc(C(=O)O[C@H](C(=O)Nc2ccc(C)c(Cl)c2)c2ccccc2)c1. The standard InChI is InChI=1S/C24H21ClN2O4/c1-15-11-12-20(14-21(15)25)27-23(29)22(17-7-4-3-5-8-17)31-24(30)18-9-6-10-19(13-18)26-16(2)28/h3-14,22H,1-2H3,(H,26,28)(H,27,29)/t22-/m0/s1. The molecule has 0 aromatic heterocycles. The van der Waals surface area contributed by atoms with Gasteiger partial charge in [-0.3, -0.25) is 9.59 Å². The first-order chi connectivity index (χ1) is 14.8. The zero-order chi connectivity index (χ0) is 22.4. The maximum absolute atomic E-state index is 13.0. The van der Waals surface area contributed by atoms with E-state index in [1.807, 2.05) is 6.92 Å². The van der Waals surface area contributed by atoms with Crippen LogP contribution < -0.4 is 10.6 Å². The molecular formula is C24H21ClN2O4. The van der Waals surface area contributed by atoms with Crippen molar-refractivity contribution in [1.29, 1.82) is 0 Å². The third kappa shape index (κ3) is 5.93. The van der Waals surface area contributed by atoms with Gasteiger partial charge in [0.05, 0.1) is 5.56 Å². The van der Waals surface area contributed by atoms with Gasteiger partial charge in [-0.1, -0.05) is 54.1 Å². The average Bonchev–Trinajstić information content (AvgIpc) is 2.74. The van der Waals surface area contributed by atoms with Gasteiger partial charge in [-0.15, -0.1) is 0 Å². The molecule has 0 bridgehead atoms. The van der Waals surface area contributed by atoms with Crippen molar-refractivity contribution in [3.8, 4) is 0 Å². The molecule has 7 heteroatoms. The second kappa shape index (κ2) is 9.91. The third-order valence-corrected chi connectivity index (χ3v) is 4.83. The summed E-state index contributed by atoms with van der Waals surface area (Å²) in [7, 11) is 0. The van der Waals surface area contributed by atoms with E-state index in [1.165, 1.54) is 13.0 Å². The number of hydrogen-bond acceptors (Lipinski definition) is 4. The molecule has 0 spiro atoms. The third-order valence-electron chi connectivity index (χ3n) is 4.42. The Balaban J connectivity index is 1.84. The predicted molar refractivity (Wildman–Crippen MR) is 120 cm³/mol. The molecule has 0 fully saturated rings. The molecule has 3 aromatic rings. The minimum absolute atomic E-state index is 0.207. The van der Waals surface area contributed by atoms with E-state index in [1.54, 1.807) is 66.7 Å². The van der Waals surface area contributed by atoms with Crippen molar-refractivity contribution in [2.75, 3.05) is 10.6 Å². The Morgan fingerprint density at radius 2 is 1.58 bits per heavy atom. The van der Waals surface area contributed by atoms with Crippen LogP contribution in [0.15, 0.2) is 72.8 Å². The van der Waals surface area contributed by atoms with Crippen molar-refractivity contribution in [2.45, 2.75) is 20.0 Å². The molecule has 0 radical (unpaired) electrons. The molecule has 0 aliphatic carbocycles. The summed E-state index contributed by atoms with van der Waals surface area (Å²) in [6.45, 7) is 3.23. The summed E-state index contributed by atoms with van der Waals surface area (Å²) in [5.74, 6) is -1.47. The second-order valence-corrected chi connectivity index (χ2v) is 7.32. The summed E-state index contributed by atoms with van der Waals surface area (Å²) in [5, 5.41) is 5.87. The van der Waals surface area contributed by atoms with Crippen molar-refractivity contribution in [1.82, 2.24) is 0 Å². The number of carbonyl (C=O) groups excluding carboxylic acids is 3. The van der Waals surface area contributed by atoms with Gasteiger partial charge in [0, 0.05) is 28.9 Å². The van der Waals surface area contributed by atoms with Crippen LogP contribution in [0.3, 0.4) is 0 Å². The molecular weight excluding hydrogens is 416 g/mol. The van der Waals surface area contributed by atoms with Crippen LogP contribution in [-0.2, 0) is 14.3 Å². The molecule has 3 rings (SSSR count). The summed E-state index contributed by atoms with van der Waals surface area (Å²) in [6, 6.07) is 20.2. The van der Waals surface area contributed by atoms with Crippen LogP contribution in [0.5, 0.6) is 0 Å². The number of benzene rings is 3. The fourth-order valence-corrected chi connectivity index (χ4v) is 3.06. The minimum atomic E-state index is -1.18. The van der Waals surface area contributed by atoms with Crippen LogP contribution in [0.2, 0.25) is 5.02 Å². The van der Waals surface area contributed by atoms with Crippen LogP contribution in [0.4, 0.5) is 11.4 Å². The molecule has 31 heavy (non-hydrogen) atoms. The van der Waals surface area contributed by atoms with E-state index in [0.717, 1.165) is 5.56 Å². The lowest BCUT2D eigenvalue weighted by Crippen LogP contribution is -2.26. The first-order valence-electron chi connectivity index (χ1n) is 9.54. The largest absolute Gasteiger partial charge is 0.444 e. The number of hydrogen-bond donors (Lipinski definition) is 2. The highest BCUT2D eigenvalue weighted by Crippen LogP contribution is 2.25. The quantitative estimate of drug-likeness (QED) is 0.524. The van der Waals surface area contributed by atoms with E-state index in [0.29, 0.717) is 22.0 Å². The van der Waals surface area contributed by atoms with Crippen LogP contribution in [-0.4, -0.2) is 17.8 Å². The van der Waals surface area contributed by atoms with Crippen LogP contribution in [0, 0.1) is 6.92 Å². The lowest BCUT2D eigenvalue weighted by Gasteiger charge is -2.18. The van der Waals surface area contributed by atoms with Crippen molar-refractivity contribution < 1.29 is 19.1 Å². The fourth-order valence-electron chi connectivity index (χ4n) is 2.88. The van der Waals surface area contributed by atoms with Gasteiger partial charge >= 0.3 is 5.97 Å². The Labute approximate surface area is 185 Å². The number of aryl methyl sites for hydroxylation is 1. The number of rotatable bonds is 6. The highest BCUT2D eigenvalue weighted by atomic mass is 35.5.